The molecule has 8 heteroatoms. The lowest BCUT2D eigenvalue weighted by atomic mass is 9.76. The third-order valence-electron chi connectivity index (χ3n) is 6.22. The van der Waals surface area contributed by atoms with Crippen molar-refractivity contribution in [1.29, 1.82) is 0 Å². The monoisotopic (exact) mass is 424 g/mol. The molecule has 3 aliphatic rings. The average molecular weight is 424 g/mol. The van der Waals surface area contributed by atoms with Crippen LogP contribution in [0.3, 0.4) is 0 Å². The summed E-state index contributed by atoms with van der Waals surface area (Å²) in [6.07, 6.45) is 6.80. The van der Waals surface area contributed by atoms with Gasteiger partial charge in [-0.1, -0.05) is 18.2 Å². The van der Waals surface area contributed by atoms with Crippen LogP contribution in [0.5, 0.6) is 0 Å². The first-order chi connectivity index (χ1) is 14.9. The number of benzene rings is 1. The summed E-state index contributed by atoms with van der Waals surface area (Å²) in [6, 6.07) is 8.94. The lowest BCUT2D eigenvalue weighted by molar-refractivity contribution is -0.136. The van der Waals surface area contributed by atoms with Crippen molar-refractivity contribution in [3.63, 3.8) is 0 Å². The van der Waals surface area contributed by atoms with Gasteiger partial charge >= 0.3 is 17.9 Å². The number of piperidine rings is 1. The van der Waals surface area contributed by atoms with Gasteiger partial charge < -0.3 is 19.9 Å². The Kier molecular flexibility index (Phi) is 5.65. The third kappa shape index (κ3) is 3.98. The molecule has 0 bridgehead atoms. The van der Waals surface area contributed by atoms with Crippen LogP contribution in [-0.4, -0.2) is 55.8 Å². The number of hydrogen-bond acceptors (Lipinski definition) is 4. The topological polar surface area (TPSA) is 120 Å². The number of para-hydroxylation sites is 1. The molecule has 0 unspecified atom stereocenters. The summed E-state index contributed by atoms with van der Waals surface area (Å²) in [5, 5.41) is 26.3. The molecular weight excluding hydrogens is 400 g/mol. The van der Waals surface area contributed by atoms with E-state index >= 15 is 0 Å². The summed E-state index contributed by atoms with van der Waals surface area (Å²) in [7, 11) is 0. The summed E-state index contributed by atoms with van der Waals surface area (Å²) < 4.78 is 2.29. The highest BCUT2D eigenvalue weighted by molar-refractivity contribution is 5.90. The Morgan fingerprint density at radius 2 is 1.74 bits per heavy atom. The Bertz CT molecular complexity index is 1100. The van der Waals surface area contributed by atoms with Crippen LogP contribution in [-0.2, 0) is 20.8 Å². The van der Waals surface area contributed by atoms with E-state index in [2.05, 4.69) is 39.9 Å². The zero-order valence-corrected chi connectivity index (χ0v) is 16.9. The number of nitrogens with zero attached hydrogens (tertiary/aromatic N) is 2. The molecule has 4 heterocycles. The minimum atomic E-state index is -1.26. The smallest absolute Gasteiger partial charge is 0.328 e. The molecule has 1 aromatic heterocycles. The molecule has 2 atom stereocenters. The molecule has 0 amide bonds. The van der Waals surface area contributed by atoms with Gasteiger partial charge in [-0.25, -0.2) is 9.59 Å². The van der Waals surface area contributed by atoms with Gasteiger partial charge in [0.15, 0.2) is 0 Å². The van der Waals surface area contributed by atoms with Gasteiger partial charge in [-0.3, -0.25) is 9.69 Å². The van der Waals surface area contributed by atoms with Gasteiger partial charge in [-0.2, -0.15) is 0 Å². The number of rotatable bonds is 4. The fourth-order valence-corrected chi connectivity index (χ4v) is 5.15. The average Bonchev–Trinajstić information content (AvgIpc) is 3.06. The molecular formula is C23H24N2O6. The fourth-order valence-electron chi connectivity index (χ4n) is 5.15. The van der Waals surface area contributed by atoms with E-state index in [0.29, 0.717) is 24.1 Å². The number of aromatic nitrogens is 1. The maximum atomic E-state index is 11.4. The summed E-state index contributed by atoms with van der Waals surface area (Å²) in [5.74, 6) is -2.86. The Labute approximate surface area is 178 Å². The molecule has 1 saturated heterocycles. The van der Waals surface area contributed by atoms with Crippen molar-refractivity contribution in [3.05, 3.63) is 53.2 Å². The van der Waals surface area contributed by atoms with Gasteiger partial charge in [0, 0.05) is 41.9 Å². The van der Waals surface area contributed by atoms with E-state index in [1.54, 1.807) is 0 Å². The lowest BCUT2D eigenvalue weighted by Gasteiger charge is -2.47. The fraction of sp³-hybridized carbons (Fsp3) is 0.348. The minimum absolute atomic E-state index is 0.163. The molecule has 8 nitrogen and oxygen atoms in total. The maximum absolute atomic E-state index is 11.4. The van der Waals surface area contributed by atoms with Gasteiger partial charge in [0.1, 0.15) is 0 Å². The third-order valence-corrected chi connectivity index (χ3v) is 6.22. The normalized spacial score (nSPS) is 21.7. The number of hydrogen-bond donors (Lipinski definition) is 3. The number of carboxylic acids is 3. The van der Waals surface area contributed by atoms with Crippen LogP contribution in [0.4, 0.5) is 0 Å². The molecule has 0 saturated carbocycles. The van der Waals surface area contributed by atoms with E-state index in [-0.39, 0.29) is 6.42 Å². The summed E-state index contributed by atoms with van der Waals surface area (Å²) in [4.78, 5) is 33.0. The second-order valence-electron chi connectivity index (χ2n) is 8.01. The van der Waals surface area contributed by atoms with Crippen LogP contribution in [0.1, 0.15) is 36.6 Å². The molecule has 1 aromatic carbocycles. The van der Waals surface area contributed by atoms with Crippen molar-refractivity contribution in [2.75, 3.05) is 13.1 Å². The number of aliphatic carboxylic acids is 3. The van der Waals surface area contributed by atoms with Crippen molar-refractivity contribution in [2.24, 2.45) is 5.92 Å². The summed E-state index contributed by atoms with van der Waals surface area (Å²) >= 11 is 0. The van der Waals surface area contributed by atoms with Crippen molar-refractivity contribution in [2.45, 2.75) is 31.7 Å². The highest BCUT2D eigenvalue weighted by atomic mass is 16.4. The Morgan fingerprint density at radius 1 is 1.03 bits per heavy atom. The molecule has 2 aromatic rings. The molecule has 1 fully saturated rings. The van der Waals surface area contributed by atoms with Gasteiger partial charge in [-0.05, 0) is 43.0 Å². The molecule has 5 rings (SSSR count). The predicted molar refractivity (Wildman–Crippen MR) is 114 cm³/mol. The van der Waals surface area contributed by atoms with Gasteiger partial charge in [-0.15, -0.1) is 0 Å². The van der Waals surface area contributed by atoms with Crippen LogP contribution in [0.2, 0.25) is 0 Å². The van der Waals surface area contributed by atoms with Gasteiger partial charge in [0.25, 0.3) is 0 Å². The second kappa shape index (κ2) is 8.39. The van der Waals surface area contributed by atoms with Crippen molar-refractivity contribution in [3.8, 4) is 0 Å². The quantitative estimate of drug-likeness (QED) is 0.645. The SMILES string of the molecule is O=C(O)/C=C\C(=O)O.O=C(O)CC1=Cn2c3c(c4ccccc42)CCN2CCC[C@H]1[C@H]32. The van der Waals surface area contributed by atoms with Crippen molar-refractivity contribution in [1.82, 2.24) is 9.47 Å². The van der Waals surface area contributed by atoms with E-state index in [0.717, 1.165) is 31.5 Å². The van der Waals surface area contributed by atoms with E-state index in [9.17, 15) is 19.5 Å². The lowest BCUT2D eigenvalue weighted by Crippen LogP contribution is -2.45. The molecule has 31 heavy (non-hydrogen) atoms. The van der Waals surface area contributed by atoms with Crippen molar-refractivity contribution >= 4 is 35.0 Å². The largest absolute Gasteiger partial charge is 0.481 e. The number of carboxylic acid groups (broad SMARTS) is 3. The second-order valence-corrected chi connectivity index (χ2v) is 8.01. The summed E-state index contributed by atoms with van der Waals surface area (Å²) in [6.45, 7) is 2.24. The molecule has 3 N–H and O–H groups in total. The number of fused-ring (bicyclic) bond motifs is 3. The van der Waals surface area contributed by atoms with E-state index < -0.39 is 17.9 Å². The van der Waals surface area contributed by atoms with Crippen molar-refractivity contribution < 1.29 is 29.7 Å². The van der Waals surface area contributed by atoms with Gasteiger partial charge in [0.05, 0.1) is 18.0 Å². The molecule has 0 radical (unpaired) electrons. The first-order valence-electron chi connectivity index (χ1n) is 10.3. The Balaban J connectivity index is 0.000000250. The Hall–Kier alpha value is -3.39. The van der Waals surface area contributed by atoms with Crippen LogP contribution in [0, 0.1) is 5.92 Å². The molecule has 0 aliphatic carbocycles. The maximum Gasteiger partial charge on any atom is 0.328 e. The zero-order chi connectivity index (χ0) is 22.1. The minimum Gasteiger partial charge on any atom is -0.481 e. The van der Waals surface area contributed by atoms with Gasteiger partial charge in [0.2, 0.25) is 0 Å². The van der Waals surface area contributed by atoms with Crippen LogP contribution >= 0.6 is 0 Å². The molecule has 0 spiro atoms. The van der Waals surface area contributed by atoms with Crippen LogP contribution in [0.25, 0.3) is 17.1 Å². The molecule has 3 aliphatic heterocycles. The number of carbonyl (C=O) groups is 3. The van der Waals surface area contributed by atoms with Crippen LogP contribution < -0.4 is 0 Å². The standard InChI is InChI=1S/C19H20N2O2.C4H4O4/c22-17(23)10-12-11-21-16-6-2-1-4-14(16)15-7-9-20-8-3-5-13(12)18(20)19(15)21;5-3(6)1-2-4(7)8/h1-2,4,6,11,13,18H,3,5,7-10H2,(H,22,23);1-2H,(H,5,6)(H,7,8)/b;2-1-/t13-,18-;/m1./s1. The highest BCUT2D eigenvalue weighted by Crippen LogP contribution is 2.50. The zero-order valence-electron chi connectivity index (χ0n) is 16.9. The first-order valence-corrected chi connectivity index (χ1v) is 10.3. The summed E-state index contributed by atoms with van der Waals surface area (Å²) in [5.41, 5.74) is 5.23. The highest BCUT2D eigenvalue weighted by Gasteiger charge is 2.43. The predicted octanol–water partition coefficient (Wildman–Crippen LogP) is 2.99. The van der Waals surface area contributed by atoms with E-state index in [1.807, 2.05) is 0 Å². The van der Waals surface area contributed by atoms with Crippen LogP contribution in [0.15, 0.2) is 42.0 Å². The first kappa shape index (κ1) is 20.9. The molecule has 162 valence electrons. The van der Waals surface area contributed by atoms with E-state index in [4.69, 9.17) is 10.2 Å². The van der Waals surface area contributed by atoms with E-state index in [1.165, 1.54) is 28.6 Å². The Morgan fingerprint density at radius 3 is 2.42 bits per heavy atom.